The van der Waals surface area contributed by atoms with Crippen LogP contribution < -0.4 is 11.5 Å². The second kappa shape index (κ2) is 11.5. The van der Waals surface area contributed by atoms with Gasteiger partial charge in [0.1, 0.15) is 17.4 Å². The smallest absolute Gasteiger partial charge is 0.125 e. The number of nitrogens with zero attached hydrogens (tertiary/aromatic N) is 5. The summed E-state index contributed by atoms with van der Waals surface area (Å²) in [7, 11) is 0. The van der Waals surface area contributed by atoms with Crippen LogP contribution in [0, 0.1) is 0 Å². The highest BCUT2D eigenvalue weighted by molar-refractivity contribution is 5.99. The first-order valence-corrected chi connectivity index (χ1v) is 9.64. The molecule has 0 unspecified atom stereocenters. The van der Waals surface area contributed by atoms with Crippen LogP contribution in [-0.2, 0) is 0 Å². The van der Waals surface area contributed by atoms with E-state index in [0.717, 1.165) is 28.1 Å². The first kappa shape index (κ1) is 26.1. The van der Waals surface area contributed by atoms with E-state index >= 15 is 0 Å². The second-order valence-corrected chi connectivity index (χ2v) is 7.40. The lowest BCUT2D eigenvalue weighted by molar-refractivity contribution is 0.803. The van der Waals surface area contributed by atoms with Gasteiger partial charge in [-0.05, 0) is 45.9 Å². The van der Waals surface area contributed by atoms with Gasteiger partial charge in [0.15, 0.2) is 0 Å². The van der Waals surface area contributed by atoms with Crippen LogP contribution in [0.4, 0.5) is 0 Å². The normalized spacial score (nSPS) is 11.9. The second-order valence-electron chi connectivity index (χ2n) is 7.40. The van der Waals surface area contributed by atoms with Gasteiger partial charge < -0.3 is 11.5 Å². The summed E-state index contributed by atoms with van der Waals surface area (Å²) < 4.78 is 1.72. The van der Waals surface area contributed by atoms with Crippen LogP contribution in [0.1, 0.15) is 38.8 Å². The molecule has 166 valence electrons. The van der Waals surface area contributed by atoms with Gasteiger partial charge in [-0.15, -0.1) is 29.9 Å². The van der Waals surface area contributed by atoms with E-state index in [9.17, 15) is 0 Å². The molecule has 0 amide bonds. The van der Waals surface area contributed by atoms with Crippen LogP contribution in [0.3, 0.4) is 0 Å². The number of nitrogens with two attached hydrogens (primary N) is 2. The molecule has 0 atom stereocenters. The molecule has 3 rings (SSSR count). The molecule has 1 heterocycles. The molecule has 0 aliphatic heterocycles. The Bertz CT molecular complexity index is 973. The fraction of sp³-hybridized carbons (Fsp3) is 0.273. The molecule has 0 saturated heterocycles. The van der Waals surface area contributed by atoms with Crippen molar-refractivity contribution in [1.82, 2.24) is 15.0 Å². The lowest BCUT2D eigenvalue weighted by Crippen LogP contribution is -2.16. The van der Waals surface area contributed by atoms with Crippen molar-refractivity contribution in [2.45, 2.75) is 39.8 Å². The van der Waals surface area contributed by atoms with Crippen molar-refractivity contribution in [2.75, 3.05) is 0 Å². The highest BCUT2D eigenvalue weighted by atomic mass is 35.5. The van der Waals surface area contributed by atoms with Gasteiger partial charge >= 0.3 is 0 Å². The maximum atomic E-state index is 6.10. The minimum absolute atomic E-state index is 0. The third-order valence-corrected chi connectivity index (χ3v) is 4.15. The summed E-state index contributed by atoms with van der Waals surface area (Å²) in [5, 5.41) is 8.59. The fourth-order valence-corrected chi connectivity index (χ4v) is 2.87. The van der Waals surface area contributed by atoms with E-state index in [-0.39, 0.29) is 36.9 Å². The number of benzene rings is 2. The number of hydrogen-bond donors (Lipinski definition) is 2. The molecular formula is C22H29Cl2N7. The first-order valence-electron chi connectivity index (χ1n) is 9.64. The zero-order chi connectivity index (χ0) is 21.0. The predicted octanol–water partition coefficient (Wildman–Crippen LogP) is 4.01. The minimum Gasteiger partial charge on any atom is -0.383 e. The Morgan fingerprint density at radius 2 is 1.39 bits per heavy atom. The summed E-state index contributed by atoms with van der Waals surface area (Å²) in [5.41, 5.74) is 16.5. The summed E-state index contributed by atoms with van der Waals surface area (Å²) in [5.74, 6) is 1.02. The molecule has 31 heavy (non-hydrogen) atoms. The topological polar surface area (TPSA) is 107 Å². The van der Waals surface area contributed by atoms with Crippen LogP contribution in [0.2, 0.25) is 0 Å². The Morgan fingerprint density at radius 1 is 0.839 bits per heavy atom. The van der Waals surface area contributed by atoms with Gasteiger partial charge in [0.2, 0.25) is 0 Å². The maximum absolute atomic E-state index is 6.10. The third kappa shape index (κ3) is 6.80. The molecule has 0 saturated carbocycles. The van der Waals surface area contributed by atoms with Gasteiger partial charge in [-0.25, -0.2) is 4.68 Å². The van der Waals surface area contributed by atoms with Gasteiger partial charge in [0.25, 0.3) is 0 Å². The molecule has 0 bridgehead atoms. The van der Waals surface area contributed by atoms with E-state index in [1.807, 2.05) is 82.4 Å². The van der Waals surface area contributed by atoms with Crippen LogP contribution in [-0.4, -0.2) is 38.7 Å². The van der Waals surface area contributed by atoms with Crippen molar-refractivity contribution in [1.29, 1.82) is 0 Å². The molecule has 0 aliphatic carbocycles. The number of amidine groups is 2. The van der Waals surface area contributed by atoms with Gasteiger partial charge in [-0.2, -0.15) is 0 Å². The Morgan fingerprint density at radius 3 is 1.97 bits per heavy atom. The van der Waals surface area contributed by atoms with Crippen molar-refractivity contribution >= 4 is 36.5 Å². The monoisotopic (exact) mass is 461 g/mol. The number of aromatic nitrogens is 3. The summed E-state index contributed by atoms with van der Waals surface area (Å²) in [6.07, 6.45) is 1.88. The molecule has 7 nitrogen and oxygen atoms in total. The number of aliphatic imine (C=N–C) groups is 2. The average molecular weight is 462 g/mol. The van der Waals surface area contributed by atoms with Crippen molar-refractivity contribution in [3.63, 3.8) is 0 Å². The van der Waals surface area contributed by atoms with Crippen LogP contribution in [0.15, 0.2) is 64.7 Å². The number of hydrogen-bond acceptors (Lipinski definition) is 4. The third-order valence-electron chi connectivity index (χ3n) is 4.15. The Kier molecular flexibility index (Phi) is 9.68. The molecule has 0 aliphatic rings. The first-order chi connectivity index (χ1) is 13.8. The Labute approximate surface area is 195 Å². The molecule has 1 aromatic heterocycles. The zero-order valence-corrected chi connectivity index (χ0v) is 19.7. The van der Waals surface area contributed by atoms with Crippen molar-refractivity contribution < 1.29 is 0 Å². The van der Waals surface area contributed by atoms with E-state index < -0.39 is 0 Å². The highest BCUT2D eigenvalue weighted by Crippen LogP contribution is 2.20. The van der Waals surface area contributed by atoms with Gasteiger partial charge in [-0.1, -0.05) is 35.5 Å². The lowest BCUT2D eigenvalue weighted by Gasteiger charge is -2.06. The van der Waals surface area contributed by atoms with Gasteiger partial charge in [0, 0.05) is 28.8 Å². The molecule has 4 N–H and O–H groups in total. The lowest BCUT2D eigenvalue weighted by atomic mass is 10.1. The van der Waals surface area contributed by atoms with Crippen molar-refractivity contribution in [3.8, 4) is 16.9 Å². The molecule has 2 aromatic carbocycles. The molecule has 0 radical (unpaired) electrons. The minimum atomic E-state index is 0. The number of rotatable bonds is 6. The number of halogens is 2. The quantitative estimate of drug-likeness (QED) is 0.426. The van der Waals surface area contributed by atoms with Gasteiger partial charge in [0.05, 0.1) is 11.9 Å². The summed E-state index contributed by atoms with van der Waals surface area (Å²) in [6.45, 7) is 7.98. The summed E-state index contributed by atoms with van der Waals surface area (Å²) in [6, 6.07) is 15.9. The van der Waals surface area contributed by atoms with E-state index in [1.54, 1.807) is 4.68 Å². The molecular weight excluding hydrogens is 433 g/mol. The Balaban J connectivity index is 0.00000240. The van der Waals surface area contributed by atoms with Crippen molar-refractivity contribution in [2.24, 2.45) is 21.5 Å². The van der Waals surface area contributed by atoms with E-state index in [2.05, 4.69) is 20.3 Å². The molecule has 0 fully saturated rings. The van der Waals surface area contributed by atoms with Crippen LogP contribution in [0.25, 0.3) is 16.9 Å². The summed E-state index contributed by atoms with van der Waals surface area (Å²) in [4.78, 5) is 8.82. The largest absolute Gasteiger partial charge is 0.383 e. The highest BCUT2D eigenvalue weighted by Gasteiger charge is 2.09. The van der Waals surface area contributed by atoms with Crippen LogP contribution in [0.5, 0.6) is 0 Å². The predicted molar refractivity (Wildman–Crippen MR) is 133 cm³/mol. The standard InChI is InChI=1S/C22H27N7.2ClH/c1-14(2)25-21(23)17-8-5-7-16(11-17)20-13-29(28-27-20)19-10-6-9-18(12-19)22(24)26-15(3)4;;/h5-15H,1-4H3,(H2,23,25)(H2,24,26);2*1H. The molecule has 3 aromatic rings. The van der Waals surface area contributed by atoms with E-state index in [4.69, 9.17) is 11.5 Å². The summed E-state index contributed by atoms with van der Waals surface area (Å²) >= 11 is 0. The van der Waals surface area contributed by atoms with Gasteiger partial charge in [-0.3, -0.25) is 9.98 Å². The zero-order valence-electron chi connectivity index (χ0n) is 18.1. The average Bonchev–Trinajstić information content (AvgIpc) is 3.17. The van der Waals surface area contributed by atoms with Crippen LogP contribution >= 0.6 is 24.8 Å². The Hall–Kier alpha value is -2.90. The molecule has 0 spiro atoms. The van der Waals surface area contributed by atoms with E-state index in [1.165, 1.54) is 0 Å². The van der Waals surface area contributed by atoms with Crippen molar-refractivity contribution in [3.05, 3.63) is 65.9 Å². The SMILES string of the molecule is CC(C)N=C(N)c1cccc(-c2cn(-c3cccc(C(N)=NC(C)C)c3)nn2)c1.Cl.Cl. The maximum Gasteiger partial charge on any atom is 0.125 e. The van der Waals surface area contributed by atoms with E-state index in [0.29, 0.717) is 11.7 Å². The fourth-order valence-electron chi connectivity index (χ4n) is 2.87. The molecule has 9 heteroatoms.